The molecule has 1 aromatic heterocycles. The first-order valence-corrected chi connectivity index (χ1v) is 4.15. The van der Waals surface area contributed by atoms with Crippen LogP contribution in [0.2, 0.25) is 0 Å². The molecule has 1 rings (SSSR count). The van der Waals surface area contributed by atoms with E-state index in [1.165, 1.54) is 7.05 Å². The van der Waals surface area contributed by atoms with Crippen LogP contribution in [0.4, 0.5) is 14.5 Å². The van der Waals surface area contributed by atoms with Gasteiger partial charge >= 0.3 is 5.69 Å². The highest BCUT2D eigenvalue weighted by Gasteiger charge is 2.41. The fourth-order valence-electron chi connectivity index (χ4n) is 1.28. The molecule has 0 unspecified atom stereocenters. The Balaban J connectivity index is 3.22. The maximum Gasteiger partial charge on any atom is 0.316 e. The van der Waals surface area contributed by atoms with E-state index in [-0.39, 0.29) is 6.54 Å². The molecule has 0 aromatic carbocycles. The molecule has 0 fully saturated rings. The van der Waals surface area contributed by atoms with Crippen LogP contribution in [0.3, 0.4) is 0 Å². The third kappa shape index (κ3) is 2.09. The standard InChI is InChI=1S/C7H10F2N4O2/c1-12-6(7(8,9)2-3-10)5(4-11-12)13(14)15/h4H,2-3,10H2,1H3. The zero-order valence-electron chi connectivity index (χ0n) is 7.98. The van der Waals surface area contributed by atoms with Crippen LogP contribution in [0, 0.1) is 10.1 Å². The molecule has 0 atom stereocenters. The van der Waals surface area contributed by atoms with Crippen molar-refractivity contribution in [2.75, 3.05) is 6.54 Å². The quantitative estimate of drug-likeness (QED) is 0.599. The second kappa shape index (κ2) is 3.89. The Hall–Kier alpha value is -1.57. The Morgan fingerprint density at radius 3 is 2.80 bits per heavy atom. The lowest BCUT2D eigenvalue weighted by atomic mass is 10.1. The molecular weight excluding hydrogens is 210 g/mol. The summed E-state index contributed by atoms with van der Waals surface area (Å²) in [6.45, 7) is -0.255. The van der Waals surface area contributed by atoms with Crippen molar-refractivity contribution in [2.45, 2.75) is 12.3 Å². The van der Waals surface area contributed by atoms with E-state index in [0.29, 0.717) is 0 Å². The fourth-order valence-corrected chi connectivity index (χ4v) is 1.28. The number of aryl methyl sites for hydroxylation is 1. The van der Waals surface area contributed by atoms with Crippen LogP contribution in [-0.4, -0.2) is 21.2 Å². The van der Waals surface area contributed by atoms with Crippen LogP contribution in [0.15, 0.2) is 6.20 Å². The molecule has 2 N–H and O–H groups in total. The molecular formula is C7H10F2N4O2. The van der Waals surface area contributed by atoms with Gasteiger partial charge in [0.25, 0.3) is 5.92 Å². The van der Waals surface area contributed by atoms with Crippen LogP contribution < -0.4 is 5.73 Å². The second-order valence-electron chi connectivity index (χ2n) is 3.00. The van der Waals surface area contributed by atoms with Crippen molar-refractivity contribution >= 4 is 5.69 Å². The summed E-state index contributed by atoms with van der Waals surface area (Å²) in [5, 5.41) is 13.9. The summed E-state index contributed by atoms with van der Waals surface area (Å²) >= 11 is 0. The van der Waals surface area contributed by atoms with Crippen molar-refractivity contribution in [1.82, 2.24) is 9.78 Å². The van der Waals surface area contributed by atoms with E-state index >= 15 is 0 Å². The Bertz CT molecular complexity index is 377. The van der Waals surface area contributed by atoms with Gasteiger partial charge in [0.2, 0.25) is 0 Å². The largest absolute Gasteiger partial charge is 0.330 e. The van der Waals surface area contributed by atoms with E-state index in [0.717, 1.165) is 10.9 Å². The molecule has 0 aliphatic carbocycles. The smallest absolute Gasteiger partial charge is 0.316 e. The highest BCUT2D eigenvalue weighted by molar-refractivity contribution is 5.36. The molecule has 15 heavy (non-hydrogen) atoms. The van der Waals surface area contributed by atoms with Gasteiger partial charge in [0, 0.05) is 13.5 Å². The van der Waals surface area contributed by atoms with E-state index in [4.69, 9.17) is 5.73 Å². The van der Waals surface area contributed by atoms with Crippen LogP contribution in [-0.2, 0) is 13.0 Å². The summed E-state index contributed by atoms with van der Waals surface area (Å²) < 4.78 is 27.7. The van der Waals surface area contributed by atoms with Crippen LogP contribution in [0.25, 0.3) is 0 Å². The molecule has 0 bridgehead atoms. The number of nitrogens with zero attached hydrogens (tertiary/aromatic N) is 3. The van der Waals surface area contributed by atoms with Crippen molar-refractivity contribution in [3.8, 4) is 0 Å². The van der Waals surface area contributed by atoms with Gasteiger partial charge in [-0.25, -0.2) is 0 Å². The van der Waals surface area contributed by atoms with Crippen LogP contribution in [0.1, 0.15) is 12.1 Å². The van der Waals surface area contributed by atoms with E-state index in [1.54, 1.807) is 0 Å². The number of aromatic nitrogens is 2. The minimum Gasteiger partial charge on any atom is -0.330 e. The van der Waals surface area contributed by atoms with Gasteiger partial charge in [0.05, 0.1) is 4.92 Å². The summed E-state index contributed by atoms with van der Waals surface area (Å²) in [4.78, 5) is 9.59. The molecule has 0 saturated heterocycles. The predicted octanol–water partition coefficient (Wildman–Crippen LogP) is 0.769. The molecule has 8 heteroatoms. The van der Waals surface area contributed by atoms with Crippen molar-refractivity contribution in [3.63, 3.8) is 0 Å². The number of halogens is 2. The molecule has 1 heterocycles. The minimum absolute atomic E-state index is 0.255. The van der Waals surface area contributed by atoms with Gasteiger partial charge in [0.1, 0.15) is 6.20 Å². The summed E-state index contributed by atoms with van der Waals surface area (Å²) in [6, 6.07) is 0. The van der Waals surface area contributed by atoms with Gasteiger partial charge < -0.3 is 5.73 Å². The highest BCUT2D eigenvalue weighted by atomic mass is 19.3. The van der Waals surface area contributed by atoms with Crippen molar-refractivity contribution in [3.05, 3.63) is 22.0 Å². The first-order valence-electron chi connectivity index (χ1n) is 4.15. The summed E-state index contributed by atoms with van der Waals surface area (Å²) in [7, 11) is 1.23. The van der Waals surface area contributed by atoms with E-state index in [9.17, 15) is 18.9 Å². The lowest BCUT2D eigenvalue weighted by molar-refractivity contribution is -0.387. The first-order chi connectivity index (χ1) is 6.90. The van der Waals surface area contributed by atoms with Gasteiger partial charge in [0.15, 0.2) is 5.69 Å². The van der Waals surface area contributed by atoms with E-state index in [2.05, 4.69) is 5.10 Å². The number of nitrogens with two attached hydrogens (primary N) is 1. The van der Waals surface area contributed by atoms with Gasteiger partial charge in [-0.2, -0.15) is 13.9 Å². The lowest BCUT2D eigenvalue weighted by Gasteiger charge is -2.14. The van der Waals surface area contributed by atoms with Crippen LogP contribution >= 0.6 is 0 Å². The third-order valence-electron chi connectivity index (χ3n) is 1.92. The average molecular weight is 220 g/mol. The number of rotatable bonds is 4. The number of alkyl halides is 2. The molecule has 0 spiro atoms. The van der Waals surface area contributed by atoms with E-state index < -0.39 is 28.6 Å². The number of nitro groups is 1. The normalized spacial score (nSPS) is 11.7. The van der Waals surface area contributed by atoms with Gasteiger partial charge in [-0.3, -0.25) is 14.8 Å². The molecule has 84 valence electrons. The molecule has 0 amide bonds. The number of hydrogen-bond donors (Lipinski definition) is 1. The summed E-state index contributed by atoms with van der Waals surface area (Å²) in [6.07, 6.45) is 0.160. The summed E-state index contributed by atoms with van der Waals surface area (Å²) in [5.41, 5.74) is 3.62. The number of hydrogen-bond acceptors (Lipinski definition) is 4. The first kappa shape index (κ1) is 11.5. The molecule has 0 radical (unpaired) electrons. The Morgan fingerprint density at radius 2 is 2.33 bits per heavy atom. The lowest BCUT2D eigenvalue weighted by Crippen LogP contribution is -2.23. The summed E-state index contributed by atoms with van der Waals surface area (Å²) in [5.74, 6) is -3.33. The topological polar surface area (TPSA) is 87.0 Å². The third-order valence-corrected chi connectivity index (χ3v) is 1.92. The molecule has 0 saturated carbocycles. The molecule has 0 aliphatic rings. The Labute approximate surface area is 83.8 Å². The van der Waals surface area contributed by atoms with Crippen molar-refractivity contribution in [2.24, 2.45) is 12.8 Å². The zero-order valence-corrected chi connectivity index (χ0v) is 7.98. The average Bonchev–Trinajstić information content (AvgIpc) is 2.47. The van der Waals surface area contributed by atoms with Gasteiger partial charge in [-0.15, -0.1) is 0 Å². The predicted molar refractivity (Wildman–Crippen MR) is 47.4 cm³/mol. The molecule has 0 aliphatic heterocycles. The Kier molecular flexibility index (Phi) is 2.98. The maximum atomic E-state index is 13.4. The molecule has 6 nitrogen and oxygen atoms in total. The van der Waals surface area contributed by atoms with Crippen molar-refractivity contribution in [1.29, 1.82) is 0 Å². The van der Waals surface area contributed by atoms with Gasteiger partial charge in [-0.1, -0.05) is 0 Å². The van der Waals surface area contributed by atoms with Gasteiger partial charge in [-0.05, 0) is 6.54 Å². The monoisotopic (exact) mass is 220 g/mol. The highest BCUT2D eigenvalue weighted by Crippen LogP contribution is 2.36. The van der Waals surface area contributed by atoms with Crippen molar-refractivity contribution < 1.29 is 13.7 Å². The minimum atomic E-state index is -3.33. The van der Waals surface area contributed by atoms with Crippen LogP contribution in [0.5, 0.6) is 0 Å². The maximum absolute atomic E-state index is 13.4. The van der Waals surface area contributed by atoms with E-state index in [1.807, 2.05) is 0 Å². The SMILES string of the molecule is Cn1ncc([N+](=O)[O-])c1C(F)(F)CCN. The fraction of sp³-hybridized carbons (Fsp3) is 0.571. The zero-order chi connectivity index (χ0) is 11.6. The second-order valence-corrected chi connectivity index (χ2v) is 3.00. The molecule has 1 aromatic rings. The Morgan fingerprint density at radius 1 is 1.73 bits per heavy atom.